The Hall–Kier alpha value is -9.86. The summed E-state index contributed by atoms with van der Waals surface area (Å²) in [6.07, 6.45) is 8.88. The van der Waals surface area contributed by atoms with Crippen LogP contribution in [0.1, 0.15) is 166 Å². The van der Waals surface area contributed by atoms with Crippen LogP contribution in [0, 0.1) is 7.14 Å². The standard InChI is InChI=1S/C27H30N4O.C26H27IN2O3.C17H20N2O2.C13H24N2O2.C7H4ClIO.C2H4O.CH4/c28-24-12-9-22(20-5-2-1-3-6-20)19-25(24)30-26(32)21-7-10-23(11-8-21)31-17-14-27(15-18-31)13-4-16-29-27;1-5-29(24(30)19-11-14-21(27)15-12-19)23-17-20(18-9-7-6-8-10-18)13-16-22(23)28-25(31)32-26(2,3)4;1-17(2,3)21-16(20)19-15-10-9-13(11-14(15)18)12-7-5-4-6-8-12;1-12(2,3)17-11(16)15-10-4-5-13(15)6-8-14-9-7-13;8-7(10)5-1-3-6(9)4-2-5;1-2-3;/h1-3,5-12,19,29H,4,13-18,28H2,(H,30,32);6-17H,5H2,1-4H3,(H,28,31);4-11H,18H2,1-3H3,(H,19,20);14H,4-10H2,1-3H3;1-4H;2H,1H3;1H4. The van der Waals surface area contributed by atoms with Gasteiger partial charge in [-0.3, -0.25) is 25.0 Å². The van der Waals surface area contributed by atoms with Crippen molar-refractivity contribution < 1.29 is 47.8 Å². The molecule has 9 aromatic rings. The lowest BCUT2D eigenvalue weighted by atomic mass is 9.86. The maximum atomic E-state index is 13.4. The Bertz CT molecular complexity index is 4670. The van der Waals surface area contributed by atoms with Crippen LogP contribution in [0.2, 0.25) is 0 Å². The van der Waals surface area contributed by atoms with Crippen molar-refractivity contribution in [1.29, 1.82) is 0 Å². The summed E-state index contributed by atoms with van der Waals surface area (Å²) in [5.74, 6) is -0.289. The summed E-state index contributed by atoms with van der Waals surface area (Å²) in [4.78, 5) is 88.1. The first-order valence-corrected chi connectivity index (χ1v) is 41.4. The van der Waals surface area contributed by atoms with Crippen molar-refractivity contribution in [2.45, 2.75) is 163 Å². The molecule has 0 aliphatic carbocycles. The number of likely N-dealkylation sites (tertiary alicyclic amines) is 1. The van der Waals surface area contributed by atoms with Gasteiger partial charge in [0.1, 0.15) is 23.1 Å². The van der Waals surface area contributed by atoms with Gasteiger partial charge in [-0.15, -0.1) is 0 Å². The van der Waals surface area contributed by atoms with Gasteiger partial charge in [0.25, 0.3) is 17.1 Å². The Morgan fingerprint density at radius 2 is 0.957 bits per heavy atom. The number of ether oxygens (including phenoxy) is 3. The Kier molecular flexibility index (Phi) is 35.3. The highest BCUT2D eigenvalue weighted by atomic mass is 127. The fraction of sp³-hybridized carbons (Fsp3) is 0.344. The van der Waals surface area contributed by atoms with Gasteiger partial charge < -0.3 is 61.1 Å². The molecular formula is C93H113ClI2N10O10. The van der Waals surface area contributed by atoms with Gasteiger partial charge in [0.05, 0.1) is 34.1 Å². The molecule has 4 aliphatic heterocycles. The summed E-state index contributed by atoms with van der Waals surface area (Å²) >= 11 is 9.59. The zero-order valence-electron chi connectivity index (χ0n) is 67.7. The number of hydrogen-bond donors (Lipinski definition) is 7. The number of anilines is 7. The number of halogens is 3. The second kappa shape index (κ2) is 43.9. The summed E-state index contributed by atoms with van der Waals surface area (Å²) in [5.41, 5.74) is 23.5. The third kappa shape index (κ3) is 28.8. The fourth-order valence-corrected chi connectivity index (χ4v) is 14.5. The predicted molar refractivity (Wildman–Crippen MR) is 491 cm³/mol. The number of carbonyl (C=O) groups excluding carboxylic acids is 7. The average molecular weight is 1820 g/mol. The molecule has 0 bridgehead atoms. The van der Waals surface area contributed by atoms with E-state index in [-0.39, 0.29) is 30.9 Å². The van der Waals surface area contributed by atoms with Gasteiger partial charge in [-0.2, -0.15) is 0 Å². The van der Waals surface area contributed by atoms with Crippen LogP contribution in [0.4, 0.5) is 54.2 Å². The van der Waals surface area contributed by atoms with Gasteiger partial charge in [-0.25, -0.2) is 14.4 Å². The van der Waals surface area contributed by atoms with Crippen molar-refractivity contribution in [3.8, 4) is 33.4 Å². The molecule has 4 fully saturated rings. The van der Waals surface area contributed by atoms with E-state index in [1.807, 2.05) is 262 Å². The largest absolute Gasteiger partial charge is 0.444 e. The van der Waals surface area contributed by atoms with Gasteiger partial charge in [0.2, 0.25) is 0 Å². The van der Waals surface area contributed by atoms with E-state index in [2.05, 4.69) is 88.8 Å². The van der Waals surface area contributed by atoms with E-state index in [1.54, 1.807) is 23.1 Å². The minimum Gasteiger partial charge on any atom is -0.444 e. The lowest BCUT2D eigenvalue weighted by Crippen LogP contribution is -2.54. The van der Waals surface area contributed by atoms with Gasteiger partial charge in [0, 0.05) is 66.8 Å². The van der Waals surface area contributed by atoms with Gasteiger partial charge in [-0.1, -0.05) is 117 Å². The number of rotatable bonds is 12. The third-order valence-corrected chi connectivity index (χ3v) is 20.9. The van der Waals surface area contributed by atoms with Crippen LogP contribution in [-0.2, 0) is 19.0 Å². The molecule has 0 radical (unpaired) electrons. The highest BCUT2D eigenvalue weighted by Crippen LogP contribution is 2.39. The van der Waals surface area contributed by atoms with Crippen LogP contribution in [0.25, 0.3) is 33.4 Å². The lowest BCUT2D eigenvalue weighted by molar-refractivity contribution is -0.106. The van der Waals surface area contributed by atoms with Crippen molar-refractivity contribution in [3.63, 3.8) is 0 Å². The molecule has 4 heterocycles. The van der Waals surface area contributed by atoms with Crippen LogP contribution >= 0.6 is 56.8 Å². The molecule has 9 aromatic carbocycles. The molecule has 4 saturated heterocycles. The Labute approximate surface area is 717 Å². The number of nitrogens with zero attached hydrogens (tertiary/aromatic N) is 3. The number of aldehydes is 1. The van der Waals surface area contributed by atoms with Crippen LogP contribution in [0.3, 0.4) is 0 Å². The molecule has 0 saturated carbocycles. The predicted octanol–water partition coefficient (Wildman–Crippen LogP) is 21.8. The van der Waals surface area contributed by atoms with Crippen LogP contribution in [0.5, 0.6) is 0 Å². The van der Waals surface area contributed by atoms with E-state index in [1.165, 1.54) is 38.3 Å². The number of nitrogens with two attached hydrogens (primary N) is 2. The molecule has 0 atom stereocenters. The van der Waals surface area contributed by atoms with Crippen molar-refractivity contribution in [2.75, 3.05) is 83.0 Å². The van der Waals surface area contributed by atoms with E-state index in [0.717, 1.165) is 112 Å². The molecule has 23 heteroatoms. The number of piperidine rings is 2. The number of nitrogens with one attached hydrogen (secondary N) is 5. The summed E-state index contributed by atoms with van der Waals surface area (Å²) in [6, 6.07) is 69.3. The number of nitrogen functional groups attached to an aromatic ring is 2. The Balaban J connectivity index is 0.000000207. The summed E-state index contributed by atoms with van der Waals surface area (Å²) in [6.45, 7) is 26.6. The molecular weight excluding hydrogens is 1710 g/mol. The van der Waals surface area contributed by atoms with E-state index in [9.17, 15) is 28.8 Å². The van der Waals surface area contributed by atoms with E-state index in [4.69, 9.17) is 42.1 Å². The molecule has 0 unspecified atom stereocenters. The first-order chi connectivity index (χ1) is 54.7. The molecule has 0 aromatic heterocycles. The average Bonchev–Trinajstić information content (AvgIpc) is 1.73. The van der Waals surface area contributed by atoms with Crippen LogP contribution in [-0.4, -0.2) is 120 Å². The molecule has 616 valence electrons. The van der Waals surface area contributed by atoms with Crippen LogP contribution in [0.15, 0.2) is 218 Å². The highest BCUT2D eigenvalue weighted by Gasteiger charge is 2.46. The molecule has 2 spiro atoms. The Morgan fingerprint density at radius 3 is 1.42 bits per heavy atom. The lowest BCUT2D eigenvalue weighted by Gasteiger charge is -2.42. The third-order valence-electron chi connectivity index (χ3n) is 19.2. The van der Waals surface area contributed by atoms with Crippen molar-refractivity contribution >= 4 is 138 Å². The molecule has 5 amide bonds. The normalized spacial score (nSPS) is 14.3. The molecule has 20 nitrogen and oxygen atoms in total. The summed E-state index contributed by atoms with van der Waals surface area (Å²) < 4.78 is 18.3. The first-order valence-electron chi connectivity index (χ1n) is 38.8. The zero-order valence-corrected chi connectivity index (χ0v) is 72.8. The molecule has 13 rings (SSSR count). The minimum absolute atomic E-state index is 0. The summed E-state index contributed by atoms with van der Waals surface area (Å²) in [7, 11) is 0. The number of hydrogen-bond acceptors (Lipinski definition) is 15. The second-order valence-electron chi connectivity index (χ2n) is 31.3. The Morgan fingerprint density at radius 1 is 0.500 bits per heavy atom. The van der Waals surface area contributed by atoms with Crippen molar-refractivity contribution in [2.24, 2.45) is 0 Å². The van der Waals surface area contributed by atoms with E-state index < -0.39 is 34.2 Å². The SMILES string of the molecule is C.CC(C)(C)OC(=O)N1CCCC12CCNCC2.CC(C)(C)OC(=O)Nc1ccc(-c2ccccc2)cc1N.CC=O.CCN(C(=O)c1ccc(I)cc1)c1cc(-c2ccccc2)ccc1NC(=O)OC(C)(C)C.Nc1ccc(-c2ccccc2)cc1NC(=O)c1ccc(N2CCC3(CCCN3)CC2)cc1.O=C(Cl)c1ccc(I)cc1. The summed E-state index contributed by atoms with van der Waals surface area (Å²) in [5, 5.41) is 15.1. The minimum atomic E-state index is -0.629. The molecule has 4 aliphatic rings. The molecule has 116 heavy (non-hydrogen) atoms. The van der Waals surface area contributed by atoms with Crippen molar-refractivity contribution in [1.82, 2.24) is 15.5 Å². The fourth-order valence-electron chi connectivity index (χ4n) is 13.7. The number of benzene rings is 9. The highest BCUT2D eigenvalue weighted by molar-refractivity contribution is 14.1. The maximum absolute atomic E-state index is 13.4. The van der Waals surface area contributed by atoms with Gasteiger partial charge in [-0.05, 0) is 347 Å². The maximum Gasteiger partial charge on any atom is 0.412 e. The first kappa shape index (κ1) is 93.3. The second-order valence-corrected chi connectivity index (χ2v) is 34.1. The van der Waals surface area contributed by atoms with Crippen molar-refractivity contribution in [3.05, 3.63) is 242 Å². The zero-order chi connectivity index (χ0) is 83.5. The van der Waals surface area contributed by atoms with Gasteiger partial charge >= 0.3 is 18.3 Å². The molecule has 9 N–H and O–H groups in total. The van der Waals surface area contributed by atoms with Crippen LogP contribution < -0.4 is 47.9 Å². The monoisotopic (exact) mass is 1820 g/mol. The quantitative estimate of drug-likeness (QED) is 0.0197. The van der Waals surface area contributed by atoms with Gasteiger partial charge in [0.15, 0.2) is 0 Å². The van der Waals surface area contributed by atoms with E-state index in [0.29, 0.717) is 62.9 Å². The number of carbonyl (C=O) groups is 7. The topological polar surface area (TPSA) is 269 Å². The number of amides is 5. The van der Waals surface area contributed by atoms with E-state index >= 15 is 0 Å². The smallest absolute Gasteiger partial charge is 0.412 e.